The third-order valence-electron chi connectivity index (χ3n) is 2.66. The van der Waals surface area contributed by atoms with E-state index in [1.54, 1.807) is 30.3 Å². The van der Waals surface area contributed by atoms with E-state index < -0.39 is 30.8 Å². The summed E-state index contributed by atoms with van der Waals surface area (Å²) in [4.78, 5) is 0. The van der Waals surface area contributed by atoms with Crippen LogP contribution in [0.2, 0.25) is 0 Å². The molecule has 1 atom stereocenters. The second kappa shape index (κ2) is 5.81. The Morgan fingerprint density at radius 3 is 1.79 bits per heavy atom. The van der Waals surface area contributed by atoms with Crippen molar-refractivity contribution < 1.29 is 31.4 Å². The first kappa shape index (κ1) is 15.8. The van der Waals surface area contributed by atoms with E-state index >= 15 is 0 Å². The van der Waals surface area contributed by atoms with Crippen LogP contribution < -0.4 is 0 Å². The summed E-state index contributed by atoms with van der Waals surface area (Å²) < 4.78 is 73.9. The van der Waals surface area contributed by atoms with Crippen molar-refractivity contribution in [3.8, 4) is 0 Å². The number of benzene rings is 1. The number of aliphatic hydroxyl groups excluding tert-OH is 1. The zero-order valence-corrected chi connectivity index (χ0v) is 9.67. The van der Waals surface area contributed by atoms with Gasteiger partial charge in [-0.3, -0.25) is 0 Å². The van der Waals surface area contributed by atoms with Crippen molar-refractivity contribution >= 4 is 0 Å². The molecule has 0 spiro atoms. The van der Waals surface area contributed by atoms with Crippen molar-refractivity contribution in [3.63, 3.8) is 0 Å². The predicted octanol–water partition coefficient (Wildman–Crippen LogP) is 3.72. The lowest BCUT2D eigenvalue weighted by molar-refractivity contribution is -0.306. The number of aryl methyl sites for hydroxylation is 1. The highest BCUT2D eigenvalue weighted by molar-refractivity contribution is 5.14. The molecule has 7 heteroatoms. The molecule has 1 unspecified atom stereocenters. The van der Waals surface area contributed by atoms with Crippen molar-refractivity contribution in [3.05, 3.63) is 35.9 Å². The van der Waals surface area contributed by atoms with Crippen molar-refractivity contribution in [2.45, 2.75) is 31.3 Å². The van der Waals surface area contributed by atoms with Gasteiger partial charge in [-0.05, 0) is 18.4 Å². The number of aliphatic hydroxyl groups is 1. The van der Waals surface area contributed by atoms with Gasteiger partial charge in [0, 0.05) is 0 Å². The molecule has 0 bridgehead atoms. The molecule has 1 rings (SSSR count). The van der Waals surface area contributed by atoms with E-state index in [0.29, 0.717) is 5.56 Å². The van der Waals surface area contributed by atoms with Crippen LogP contribution in [0.3, 0.4) is 0 Å². The summed E-state index contributed by atoms with van der Waals surface area (Å²) in [6.45, 7) is 0. The van der Waals surface area contributed by atoms with Crippen LogP contribution in [-0.4, -0.2) is 23.6 Å². The first-order chi connectivity index (χ1) is 8.62. The average molecular weight is 286 g/mol. The van der Waals surface area contributed by atoms with Crippen LogP contribution in [0, 0.1) is 5.92 Å². The van der Waals surface area contributed by atoms with Gasteiger partial charge in [-0.1, -0.05) is 30.3 Å². The smallest absolute Gasteiger partial charge is 0.392 e. The minimum absolute atomic E-state index is 0.0509. The fourth-order valence-corrected chi connectivity index (χ4v) is 1.75. The minimum Gasteiger partial charge on any atom is -0.392 e. The molecular weight excluding hydrogens is 274 g/mol. The summed E-state index contributed by atoms with van der Waals surface area (Å²) in [7, 11) is 0. The molecule has 0 radical (unpaired) electrons. The molecule has 19 heavy (non-hydrogen) atoms. The Bertz CT molecular complexity index is 369. The Kier molecular flexibility index (Phi) is 4.84. The Balaban J connectivity index is 2.71. The fraction of sp³-hybridized carbons (Fsp3) is 0.500. The molecule has 0 aliphatic heterocycles. The molecule has 0 aliphatic rings. The van der Waals surface area contributed by atoms with Crippen LogP contribution in [0.25, 0.3) is 0 Å². The molecule has 0 aliphatic carbocycles. The molecule has 0 fully saturated rings. The van der Waals surface area contributed by atoms with Crippen LogP contribution in [0.1, 0.15) is 12.0 Å². The van der Waals surface area contributed by atoms with Gasteiger partial charge in [0.2, 0.25) is 0 Å². The molecule has 1 nitrogen and oxygen atoms in total. The first-order valence-corrected chi connectivity index (χ1v) is 5.48. The first-order valence-electron chi connectivity index (χ1n) is 5.48. The fourth-order valence-electron chi connectivity index (χ4n) is 1.75. The van der Waals surface area contributed by atoms with E-state index in [4.69, 9.17) is 0 Å². The van der Waals surface area contributed by atoms with E-state index in [0.717, 1.165) is 0 Å². The molecule has 0 saturated heterocycles. The molecule has 1 aromatic carbocycles. The average Bonchev–Trinajstić information content (AvgIpc) is 2.24. The second-order valence-corrected chi connectivity index (χ2v) is 4.15. The van der Waals surface area contributed by atoms with Gasteiger partial charge < -0.3 is 5.11 Å². The summed E-state index contributed by atoms with van der Waals surface area (Å²) in [6.07, 6.45) is -14.2. The molecule has 0 heterocycles. The Labute approximate surface area is 105 Å². The van der Waals surface area contributed by atoms with Crippen LogP contribution in [0.15, 0.2) is 30.3 Å². The van der Waals surface area contributed by atoms with Crippen LogP contribution in [0.4, 0.5) is 26.3 Å². The Morgan fingerprint density at radius 2 is 1.37 bits per heavy atom. The van der Waals surface area contributed by atoms with Gasteiger partial charge in [-0.2, -0.15) is 26.3 Å². The third-order valence-corrected chi connectivity index (χ3v) is 2.66. The highest BCUT2D eigenvalue weighted by Crippen LogP contribution is 2.42. The van der Waals surface area contributed by atoms with Gasteiger partial charge in [0.25, 0.3) is 0 Å². The van der Waals surface area contributed by atoms with Gasteiger partial charge in [0.15, 0.2) is 5.92 Å². The zero-order chi connectivity index (χ0) is 14.7. The number of hydrogen-bond acceptors (Lipinski definition) is 1. The topological polar surface area (TPSA) is 20.2 Å². The molecule has 1 N–H and O–H groups in total. The van der Waals surface area contributed by atoms with Gasteiger partial charge >= 0.3 is 12.4 Å². The maximum absolute atomic E-state index is 12.3. The maximum Gasteiger partial charge on any atom is 0.403 e. The highest BCUT2D eigenvalue weighted by Gasteiger charge is 2.59. The van der Waals surface area contributed by atoms with Crippen molar-refractivity contribution in [1.29, 1.82) is 0 Å². The highest BCUT2D eigenvalue weighted by atomic mass is 19.4. The molecule has 0 aromatic heterocycles. The molecule has 1 aromatic rings. The number of halogens is 6. The monoisotopic (exact) mass is 286 g/mol. The van der Waals surface area contributed by atoms with Crippen molar-refractivity contribution in [2.24, 2.45) is 5.92 Å². The Hall–Kier alpha value is -1.24. The largest absolute Gasteiger partial charge is 0.403 e. The number of hydrogen-bond donors (Lipinski definition) is 1. The quantitative estimate of drug-likeness (QED) is 0.836. The normalized spacial score (nSPS) is 14.7. The van der Waals surface area contributed by atoms with Crippen LogP contribution in [-0.2, 0) is 6.42 Å². The van der Waals surface area contributed by atoms with E-state index in [1.165, 1.54) is 0 Å². The van der Waals surface area contributed by atoms with E-state index in [2.05, 4.69) is 0 Å². The lowest BCUT2D eigenvalue weighted by Crippen LogP contribution is -2.45. The summed E-state index contributed by atoms with van der Waals surface area (Å²) in [5, 5.41) is 9.20. The summed E-state index contributed by atoms with van der Waals surface area (Å²) in [5.74, 6) is -3.70. The van der Waals surface area contributed by atoms with E-state index in [-0.39, 0.29) is 6.42 Å². The number of alkyl halides is 6. The van der Waals surface area contributed by atoms with Crippen LogP contribution >= 0.6 is 0 Å². The van der Waals surface area contributed by atoms with Gasteiger partial charge in [-0.15, -0.1) is 0 Å². The molecular formula is C12H12F6O. The second-order valence-electron chi connectivity index (χ2n) is 4.15. The van der Waals surface area contributed by atoms with Crippen LogP contribution in [0.5, 0.6) is 0 Å². The summed E-state index contributed by atoms with van der Waals surface area (Å²) in [6, 6.07) is 8.05. The lowest BCUT2D eigenvalue weighted by Gasteiger charge is -2.27. The van der Waals surface area contributed by atoms with Crippen molar-refractivity contribution in [1.82, 2.24) is 0 Å². The molecule has 0 saturated carbocycles. The number of rotatable bonds is 4. The van der Waals surface area contributed by atoms with Gasteiger partial charge in [-0.25, -0.2) is 0 Å². The lowest BCUT2D eigenvalue weighted by atomic mass is 9.95. The third kappa shape index (κ3) is 4.74. The molecule has 0 amide bonds. The van der Waals surface area contributed by atoms with Gasteiger partial charge in [0.05, 0.1) is 6.10 Å². The SMILES string of the molecule is OC(CCc1ccccc1)C(C(F)(F)F)C(F)(F)F. The summed E-state index contributed by atoms with van der Waals surface area (Å²) >= 11 is 0. The predicted molar refractivity (Wildman–Crippen MR) is 56.4 cm³/mol. The Morgan fingerprint density at radius 1 is 0.895 bits per heavy atom. The van der Waals surface area contributed by atoms with Crippen molar-refractivity contribution in [2.75, 3.05) is 0 Å². The van der Waals surface area contributed by atoms with E-state index in [9.17, 15) is 31.4 Å². The summed E-state index contributed by atoms with van der Waals surface area (Å²) in [5.41, 5.74) is 0.574. The van der Waals surface area contributed by atoms with E-state index in [1.807, 2.05) is 0 Å². The zero-order valence-electron chi connectivity index (χ0n) is 9.67. The standard InChI is InChI=1S/C12H12F6O/c13-11(14,15)10(12(16,17)18)9(19)7-6-8-4-2-1-3-5-8/h1-5,9-10,19H,6-7H2. The minimum atomic E-state index is -5.51. The molecule has 108 valence electrons. The maximum atomic E-state index is 12.3. The van der Waals surface area contributed by atoms with Gasteiger partial charge in [0.1, 0.15) is 0 Å².